The summed E-state index contributed by atoms with van der Waals surface area (Å²) in [6.07, 6.45) is 0. The maximum absolute atomic E-state index is 13.7. The van der Waals surface area contributed by atoms with E-state index >= 15 is 0 Å². The fourth-order valence-corrected chi connectivity index (χ4v) is 5.25. The summed E-state index contributed by atoms with van der Waals surface area (Å²) < 4.78 is 34.4. The van der Waals surface area contributed by atoms with Crippen LogP contribution in [-0.2, 0) is 14.8 Å². The minimum absolute atomic E-state index is 0.0769. The van der Waals surface area contributed by atoms with Gasteiger partial charge in [-0.3, -0.25) is 9.10 Å². The number of aryl methyl sites for hydroxylation is 1. The molecule has 1 N–H and O–H groups in total. The van der Waals surface area contributed by atoms with E-state index in [2.05, 4.69) is 5.32 Å². The molecule has 0 bridgehead atoms. The Morgan fingerprint density at radius 3 is 2.25 bits per heavy atom. The van der Waals surface area contributed by atoms with Gasteiger partial charge in [0.1, 0.15) is 12.3 Å². The van der Waals surface area contributed by atoms with Crippen molar-refractivity contribution in [3.8, 4) is 11.5 Å². The monoisotopic (exact) mass is 520 g/mol. The number of amides is 1. The van der Waals surface area contributed by atoms with E-state index in [1.807, 2.05) is 25.1 Å². The number of ether oxygens (including phenoxy) is 1. The smallest absolute Gasteiger partial charge is 0.264 e. The van der Waals surface area contributed by atoms with Gasteiger partial charge in [0.2, 0.25) is 5.91 Å². The predicted molar refractivity (Wildman–Crippen MR) is 143 cm³/mol. The molecular weight excluding hydrogens is 496 g/mol. The van der Waals surface area contributed by atoms with Gasteiger partial charge in [-0.2, -0.15) is 0 Å². The molecule has 4 aromatic rings. The summed E-state index contributed by atoms with van der Waals surface area (Å²) in [5.41, 5.74) is 2.22. The van der Waals surface area contributed by atoms with Crippen LogP contribution in [0.2, 0.25) is 5.02 Å². The van der Waals surface area contributed by atoms with Gasteiger partial charge >= 0.3 is 0 Å². The van der Waals surface area contributed by atoms with Crippen LogP contribution in [0.15, 0.2) is 102 Å². The lowest BCUT2D eigenvalue weighted by molar-refractivity contribution is -0.114. The van der Waals surface area contributed by atoms with Gasteiger partial charge in [-0.05, 0) is 67.9 Å². The van der Waals surface area contributed by atoms with Gasteiger partial charge in [0, 0.05) is 5.02 Å². The SMILES string of the molecule is Cc1ccc(S(=O)(=O)N(CC(=O)Nc2ccccc2Oc2ccccc2)c2cccc(Cl)c2C)cc1. The number of rotatable bonds is 8. The van der Waals surface area contributed by atoms with E-state index in [9.17, 15) is 13.2 Å². The average molecular weight is 521 g/mol. The second-order valence-corrected chi connectivity index (χ2v) is 10.4. The Bertz CT molecular complexity index is 1470. The van der Waals surface area contributed by atoms with Gasteiger partial charge in [0.25, 0.3) is 10.0 Å². The van der Waals surface area contributed by atoms with Crippen molar-refractivity contribution in [3.63, 3.8) is 0 Å². The number of nitrogens with zero attached hydrogens (tertiary/aromatic N) is 1. The molecule has 0 aliphatic carbocycles. The molecule has 0 aliphatic heterocycles. The second kappa shape index (κ2) is 10.8. The van der Waals surface area contributed by atoms with Crippen LogP contribution in [0.3, 0.4) is 0 Å². The number of halogens is 1. The van der Waals surface area contributed by atoms with E-state index in [0.29, 0.717) is 33.5 Å². The molecule has 0 atom stereocenters. The Kier molecular flexibility index (Phi) is 7.62. The van der Waals surface area contributed by atoms with Crippen LogP contribution in [0.4, 0.5) is 11.4 Å². The summed E-state index contributed by atoms with van der Waals surface area (Å²) in [5, 5.41) is 3.20. The maximum atomic E-state index is 13.7. The molecule has 0 saturated heterocycles. The van der Waals surface area contributed by atoms with Crippen molar-refractivity contribution in [2.24, 2.45) is 0 Å². The fourth-order valence-electron chi connectivity index (χ4n) is 3.60. The van der Waals surface area contributed by atoms with Crippen molar-refractivity contribution in [2.75, 3.05) is 16.2 Å². The first-order valence-electron chi connectivity index (χ1n) is 11.2. The highest BCUT2D eigenvalue weighted by Crippen LogP contribution is 2.32. The quantitative estimate of drug-likeness (QED) is 0.284. The number of sulfonamides is 1. The fraction of sp³-hybridized carbons (Fsp3) is 0.107. The van der Waals surface area contributed by atoms with E-state index in [1.54, 1.807) is 73.7 Å². The van der Waals surface area contributed by atoms with Gasteiger partial charge in [-0.1, -0.05) is 65.7 Å². The molecule has 4 rings (SSSR count). The van der Waals surface area contributed by atoms with Crippen molar-refractivity contribution >= 4 is 38.9 Å². The molecule has 36 heavy (non-hydrogen) atoms. The lowest BCUT2D eigenvalue weighted by Gasteiger charge is -2.26. The summed E-state index contributed by atoms with van der Waals surface area (Å²) in [7, 11) is -4.07. The van der Waals surface area contributed by atoms with Crippen LogP contribution in [0, 0.1) is 13.8 Å². The van der Waals surface area contributed by atoms with Crippen LogP contribution < -0.4 is 14.4 Å². The molecule has 8 heteroatoms. The summed E-state index contributed by atoms with van der Waals surface area (Å²) in [4.78, 5) is 13.3. The molecule has 184 valence electrons. The molecule has 0 fully saturated rings. The van der Waals surface area contributed by atoms with Gasteiger partial charge < -0.3 is 10.1 Å². The Morgan fingerprint density at radius 2 is 1.53 bits per heavy atom. The van der Waals surface area contributed by atoms with Gasteiger partial charge in [0.05, 0.1) is 16.3 Å². The van der Waals surface area contributed by atoms with E-state index in [1.165, 1.54) is 12.1 Å². The van der Waals surface area contributed by atoms with Crippen LogP contribution in [0.5, 0.6) is 11.5 Å². The molecule has 0 spiro atoms. The molecule has 0 unspecified atom stereocenters. The number of hydrogen-bond acceptors (Lipinski definition) is 4. The van der Waals surface area contributed by atoms with E-state index in [0.717, 1.165) is 9.87 Å². The standard InChI is InChI=1S/C28H25ClN2O4S/c1-20-15-17-23(18-16-20)36(33,34)31(26-13-8-11-24(29)21(26)2)19-28(32)30-25-12-6-7-14-27(25)35-22-9-4-3-5-10-22/h3-18H,19H2,1-2H3,(H,30,32). The summed E-state index contributed by atoms with van der Waals surface area (Å²) in [5.74, 6) is 0.510. The Hall–Kier alpha value is -3.81. The van der Waals surface area contributed by atoms with Gasteiger partial charge in [-0.15, -0.1) is 0 Å². The van der Waals surface area contributed by atoms with Crippen molar-refractivity contribution in [1.29, 1.82) is 0 Å². The van der Waals surface area contributed by atoms with E-state index in [-0.39, 0.29) is 4.90 Å². The molecule has 4 aromatic carbocycles. The first-order valence-corrected chi connectivity index (χ1v) is 13.0. The molecule has 1 amide bonds. The number of hydrogen-bond donors (Lipinski definition) is 1. The topological polar surface area (TPSA) is 75.7 Å². The minimum Gasteiger partial charge on any atom is -0.455 e. The molecular formula is C28H25ClN2O4S. The van der Waals surface area contributed by atoms with Crippen molar-refractivity contribution in [1.82, 2.24) is 0 Å². The lowest BCUT2D eigenvalue weighted by Crippen LogP contribution is -2.38. The molecule has 0 aromatic heterocycles. The predicted octanol–water partition coefficient (Wildman–Crippen LogP) is 6.58. The van der Waals surface area contributed by atoms with Crippen LogP contribution in [-0.4, -0.2) is 20.9 Å². The number of carbonyl (C=O) groups excluding carboxylic acids is 1. The van der Waals surface area contributed by atoms with Gasteiger partial charge in [0.15, 0.2) is 5.75 Å². The number of nitrogens with one attached hydrogen (secondary N) is 1. The van der Waals surface area contributed by atoms with Crippen molar-refractivity contribution in [3.05, 3.63) is 113 Å². The molecule has 0 aliphatic rings. The highest BCUT2D eigenvalue weighted by Gasteiger charge is 2.29. The maximum Gasteiger partial charge on any atom is 0.264 e. The zero-order chi connectivity index (χ0) is 25.7. The van der Waals surface area contributed by atoms with E-state index < -0.39 is 22.5 Å². The Labute approximate surface area is 216 Å². The highest BCUT2D eigenvalue weighted by molar-refractivity contribution is 7.92. The molecule has 0 heterocycles. The zero-order valence-electron chi connectivity index (χ0n) is 19.8. The summed E-state index contributed by atoms with van der Waals surface area (Å²) >= 11 is 6.30. The molecule has 0 radical (unpaired) electrons. The highest BCUT2D eigenvalue weighted by atomic mass is 35.5. The Balaban J connectivity index is 1.66. The first kappa shape index (κ1) is 25.3. The number of anilines is 2. The molecule has 0 saturated carbocycles. The van der Waals surface area contributed by atoms with E-state index in [4.69, 9.17) is 16.3 Å². The number of para-hydroxylation sites is 3. The van der Waals surface area contributed by atoms with Crippen LogP contribution in [0.25, 0.3) is 0 Å². The minimum atomic E-state index is -4.07. The third-order valence-electron chi connectivity index (χ3n) is 5.54. The normalized spacial score (nSPS) is 11.1. The zero-order valence-corrected chi connectivity index (χ0v) is 21.4. The average Bonchev–Trinajstić information content (AvgIpc) is 2.86. The summed E-state index contributed by atoms with van der Waals surface area (Å²) in [6.45, 7) is 3.13. The molecule has 6 nitrogen and oxygen atoms in total. The number of carbonyl (C=O) groups is 1. The van der Waals surface area contributed by atoms with Crippen LogP contribution in [0.1, 0.15) is 11.1 Å². The van der Waals surface area contributed by atoms with Crippen LogP contribution >= 0.6 is 11.6 Å². The Morgan fingerprint density at radius 1 is 0.861 bits per heavy atom. The third kappa shape index (κ3) is 5.70. The lowest BCUT2D eigenvalue weighted by atomic mass is 10.2. The largest absolute Gasteiger partial charge is 0.455 e. The van der Waals surface area contributed by atoms with Crippen molar-refractivity contribution in [2.45, 2.75) is 18.7 Å². The number of benzene rings is 4. The summed E-state index contributed by atoms with van der Waals surface area (Å²) in [6, 6.07) is 27.6. The third-order valence-corrected chi connectivity index (χ3v) is 7.72. The second-order valence-electron chi connectivity index (χ2n) is 8.17. The first-order chi connectivity index (χ1) is 17.3. The van der Waals surface area contributed by atoms with Gasteiger partial charge in [-0.25, -0.2) is 8.42 Å². The van der Waals surface area contributed by atoms with Crippen molar-refractivity contribution < 1.29 is 17.9 Å².